The molecule has 9 heteroatoms. The number of rotatable bonds is 4. The molecule has 0 aromatic rings. The van der Waals surface area contributed by atoms with Crippen LogP contribution in [-0.4, -0.2) is 61.9 Å². The number of hydrogen-bond acceptors (Lipinski definition) is 4. The lowest BCUT2D eigenvalue weighted by atomic mass is 9.93. The zero-order valence-electron chi connectivity index (χ0n) is 14.5. The van der Waals surface area contributed by atoms with Crippen LogP contribution in [0.15, 0.2) is 4.99 Å². The van der Waals surface area contributed by atoms with E-state index >= 15 is 0 Å². The van der Waals surface area contributed by atoms with Gasteiger partial charge in [-0.3, -0.25) is 9.79 Å². The molecule has 0 unspecified atom stereocenters. The number of carbonyl (C=O) groups excluding carboxylic acids is 1. The van der Waals surface area contributed by atoms with Crippen LogP contribution in [-0.2, 0) is 14.6 Å². The van der Waals surface area contributed by atoms with Crippen molar-refractivity contribution in [2.75, 3.05) is 31.9 Å². The molecular formula is C14H29IN4O3S. The first kappa shape index (κ1) is 22.4. The number of halogens is 1. The Kier molecular flexibility index (Phi) is 7.80. The Bertz CT molecular complexity index is 558. The summed E-state index contributed by atoms with van der Waals surface area (Å²) < 4.78 is 23.4. The molecule has 136 valence electrons. The van der Waals surface area contributed by atoms with Gasteiger partial charge in [0.05, 0.1) is 22.5 Å². The van der Waals surface area contributed by atoms with Crippen LogP contribution in [0.4, 0.5) is 0 Å². The summed E-state index contributed by atoms with van der Waals surface area (Å²) in [7, 11) is -3.10. The van der Waals surface area contributed by atoms with Crippen LogP contribution in [0, 0.1) is 5.41 Å². The number of amides is 1. The van der Waals surface area contributed by atoms with Gasteiger partial charge in [0.2, 0.25) is 5.91 Å². The number of guanidine groups is 1. The van der Waals surface area contributed by atoms with Crippen molar-refractivity contribution < 1.29 is 13.2 Å². The Labute approximate surface area is 156 Å². The molecule has 1 aliphatic heterocycles. The largest absolute Gasteiger partial charge is 0.369 e. The van der Waals surface area contributed by atoms with Gasteiger partial charge in [0.1, 0.15) is 0 Å². The van der Waals surface area contributed by atoms with Crippen molar-refractivity contribution in [1.29, 1.82) is 0 Å². The molecule has 1 saturated heterocycles. The Morgan fingerprint density at radius 2 is 1.96 bits per heavy atom. The first-order valence-corrected chi connectivity index (χ1v) is 9.13. The van der Waals surface area contributed by atoms with E-state index in [0.717, 1.165) is 0 Å². The van der Waals surface area contributed by atoms with E-state index in [4.69, 9.17) is 5.73 Å². The fourth-order valence-corrected chi connectivity index (χ4v) is 3.47. The lowest BCUT2D eigenvalue weighted by Crippen LogP contribution is -2.57. The molecule has 1 rings (SSSR count). The number of nitrogens with two attached hydrogens (primary N) is 1. The summed E-state index contributed by atoms with van der Waals surface area (Å²) >= 11 is 0. The quantitative estimate of drug-likeness (QED) is 0.363. The Balaban J connectivity index is 0.00000484. The molecule has 3 N–H and O–H groups in total. The van der Waals surface area contributed by atoms with Gasteiger partial charge in [-0.25, -0.2) is 8.42 Å². The van der Waals surface area contributed by atoms with Gasteiger partial charge in [0.15, 0.2) is 15.8 Å². The number of sulfone groups is 1. The van der Waals surface area contributed by atoms with Crippen LogP contribution in [0.25, 0.3) is 0 Å². The van der Waals surface area contributed by atoms with Gasteiger partial charge in [0, 0.05) is 19.6 Å². The van der Waals surface area contributed by atoms with Crippen LogP contribution in [0.5, 0.6) is 0 Å². The van der Waals surface area contributed by atoms with E-state index in [0.29, 0.717) is 25.6 Å². The lowest BCUT2D eigenvalue weighted by Gasteiger charge is -2.39. The average molecular weight is 460 g/mol. The van der Waals surface area contributed by atoms with Gasteiger partial charge in [-0.15, -0.1) is 24.0 Å². The van der Waals surface area contributed by atoms with Gasteiger partial charge in [-0.05, 0) is 34.6 Å². The molecule has 1 amide bonds. The van der Waals surface area contributed by atoms with Crippen LogP contribution in [0.3, 0.4) is 0 Å². The van der Waals surface area contributed by atoms with Gasteiger partial charge in [-0.1, -0.05) is 0 Å². The number of primary amides is 1. The monoisotopic (exact) mass is 460 g/mol. The maximum absolute atomic E-state index is 12.1. The highest BCUT2D eigenvalue weighted by atomic mass is 127. The summed E-state index contributed by atoms with van der Waals surface area (Å²) in [5.74, 6) is 0.317. The second kappa shape index (κ2) is 8.00. The third-order valence-electron chi connectivity index (χ3n) is 3.97. The maximum Gasteiger partial charge on any atom is 0.224 e. The Hall–Kier alpha value is -0.580. The van der Waals surface area contributed by atoms with Crippen molar-refractivity contribution >= 4 is 45.7 Å². The first-order valence-electron chi connectivity index (χ1n) is 7.48. The van der Waals surface area contributed by atoms with Crippen LogP contribution < -0.4 is 11.1 Å². The number of aliphatic imine (C=N–C) groups is 1. The van der Waals surface area contributed by atoms with E-state index in [1.165, 1.54) is 0 Å². The summed E-state index contributed by atoms with van der Waals surface area (Å²) in [6.07, 6.45) is 0. The van der Waals surface area contributed by atoms with Crippen molar-refractivity contribution in [3.05, 3.63) is 0 Å². The van der Waals surface area contributed by atoms with E-state index < -0.39 is 25.9 Å². The molecule has 1 heterocycles. The molecule has 0 atom stereocenters. The van der Waals surface area contributed by atoms with Crippen LogP contribution >= 0.6 is 24.0 Å². The fourth-order valence-electron chi connectivity index (χ4n) is 2.10. The van der Waals surface area contributed by atoms with Crippen LogP contribution in [0.1, 0.15) is 34.6 Å². The predicted octanol–water partition coefficient (Wildman–Crippen LogP) is 0.590. The predicted molar refractivity (Wildman–Crippen MR) is 104 cm³/mol. The van der Waals surface area contributed by atoms with E-state index in [-0.39, 0.29) is 36.3 Å². The SMILES string of the molecule is CCNC(=NCC(C)(C)C(N)=O)N1CCS(=O)(=O)C(C)(C)C1.I. The molecule has 0 aliphatic carbocycles. The molecule has 0 radical (unpaired) electrons. The molecule has 0 saturated carbocycles. The summed E-state index contributed by atoms with van der Waals surface area (Å²) in [5, 5.41) is 3.16. The van der Waals surface area contributed by atoms with Crippen LogP contribution in [0.2, 0.25) is 0 Å². The third kappa shape index (κ3) is 5.47. The first-order chi connectivity index (χ1) is 9.93. The normalized spacial score (nSPS) is 20.6. The minimum absolute atomic E-state index is 0. The second-order valence-electron chi connectivity index (χ2n) is 6.92. The van der Waals surface area contributed by atoms with Crippen molar-refractivity contribution in [3.63, 3.8) is 0 Å². The van der Waals surface area contributed by atoms with Gasteiger partial charge in [-0.2, -0.15) is 0 Å². The van der Waals surface area contributed by atoms with Crippen molar-refractivity contribution in [2.45, 2.75) is 39.4 Å². The smallest absolute Gasteiger partial charge is 0.224 e. The molecule has 0 aromatic heterocycles. The molecule has 0 bridgehead atoms. The summed E-state index contributed by atoms with van der Waals surface area (Å²) in [6, 6.07) is 0. The summed E-state index contributed by atoms with van der Waals surface area (Å²) in [4.78, 5) is 17.8. The Morgan fingerprint density at radius 1 is 1.39 bits per heavy atom. The number of carbonyl (C=O) groups is 1. The Morgan fingerprint density at radius 3 is 2.39 bits per heavy atom. The number of nitrogens with zero attached hydrogens (tertiary/aromatic N) is 2. The molecule has 1 fully saturated rings. The van der Waals surface area contributed by atoms with E-state index in [2.05, 4.69) is 10.3 Å². The summed E-state index contributed by atoms with van der Waals surface area (Å²) in [5.41, 5.74) is 4.63. The van der Waals surface area contributed by atoms with Crippen molar-refractivity contribution in [1.82, 2.24) is 10.2 Å². The van der Waals surface area contributed by atoms with Gasteiger partial charge in [0.25, 0.3) is 0 Å². The van der Waals surface area contributed by atoms with Crippen molar-refractivity contribution in [3.8, 4) is 0 Å². The number of hydrogen-bond donors (Lipinski definition) is 2. The van der Waals surface area contributed by atoms with E-state index in [1.54, 1.807) is 27.7 Å². The zero-order valence-corrected chi connectivity index (χ0v) is 17.7. The van der Waals surface area contributed by atoms with Gasteiger partial charge >= 0.3 is 0 Å². The lowest BCUT2D eigenvalue weighted by molar-refractivity contribution is -0.125. The average Bonchev–Trinajstić information content (AvgIpc) is 2.37. The zero-order chi connectivity index (χ0) is 17.2. The minimum atomic E-state index is -3.10. The highest BCUT2D eigenvalue weighted by Gasteiger charge is 2.41. The maximum atomic E-state index is 12.1. The molecule has 23 heavy (non-hydrogen) atoms. The molecular weight excluding hydrogens is 431 g/mol. The standard InChI is InChI=1S/C14H28N4O3S.HI/c1-6-16-12(17-9-13(2,3)11(15)19)18-7-8-22(20,21)14(4,5)10-18;/h6-10H2,1-5H3,(H2,15,19)(H,16,17);1H. The fraction of sp³-hybridized carbons (Fsp3) is 0.857. The molecule has 7 nitrogen and oxygen atoms in total. The highest BCUT2D eigenvalue weighted by molar-refractivity contribution is 14.0. The van der Waals surface area contributed by atoms with E-state index in [9.17, 15) is 13.2 Å². The second-order valence-corrected chi connectivity index (χ2v) is 9.66. The third-order valence-corrected chi connectivity index (χ3v) is 6.50. The van der Waals surface area contributed by atoms with Gasteiger partial charge < -0.3 is 16.0 Å². The molecule has 0 aromatic carbocycles. The highest BCUT2D eigenvalue weighted by Crippen LogP contribution is 2.24. The number of nitrogens with one attached hydrogen (secondary N) is 1. The molecule has 1 aliphatic rings. The molecule has 0 spiro atoms. The van der Waals surface area contributed by atoms with E-state index in [1.807, 2.05) is 11.8 Å². The topological polar surface area (TPSA) is 105 Å². The van der Waals surface area contributed by atoms with Crippen molar-refractivity contribution in [2.24, 2.45) is 16.1 Å². The summed E-state index contributed by atoms with van der Waals surface area (Å²) in [6.45, 7) is 10.6. The minimum Gasteiger partial charge on any atom is -0.369 e.